The van der Waals surface area contributed by atoms with E-state index in [4.69, 9.17) is 27.6 Å². The van der Waals surface area contributed by atoms with Crippen molar-refractivity contribution in [1.29, 1.82) is 0 Å². The SMILES string of the molecule is O=C(Nc1ccc2oc3ccccc3c2c1)[C@H]1CC1(Cl)Cl. The molecule has 4 rings (SSSR count). The molecule has 1 aliphatic carbocycles. The molecule has 1 aromatic heterocycles. The quantitative estimate of drug-likeness (QED) is 0.694. The maximum Gasteiger partial charge on any atom is 0.230 e. The van der Waals surface area contributed by atoms with Gasteiger partial charge in [0.2, 0.25) is 5.91 Å². The van der Waals surface area contributed by atoms with Crippen molar-refractivity contribution in [3.8, 4) is 0 Å². The topological polar surface area (TPSA) is 42.2 Å². The van der Waals surface area contributed by atoms with Gasteiger partial charge in [-0.05, 0) is 30.7 Å². The number of para-hydroxylation sites is 1. The van der Waals surface area contributed by atoms with Crippen LogP contribution in [0.5, 0.6) is 0 Å². The lowest BCUT2D eigenvalue weighted by Crippen LogP contribution is -2.16. The highest BCUT2D eigenvalue weighted by Gasteiger charge is 2.56. The molecule has 1 aliphatic rings. The summed E-state index contributed by atoms with van der Waals surface area (Å²) in [4.78, 5) is 12.0. The van der Waals surface area contributed by atoms with Gasteiger partial charge in [0.1, 0.15) is 15.5 Å². The van der Waals surface area contributed by atoms with E-state index in [1.54, 1.807) is 0 Å². The number of benzene rings is 2. The van der Waals surface area contributed by atoms with E-state index in [-0.39, 0.29) is 11.8 Å². The second kappa shape index (κ2) is 4.39. The number of nitrogens with one attached hydrogen (secondary N) is 1. The molecule has 1 amide bonds. The Labute approximate surface area is 130 Å². The van der Waals surface area contributed by atoms with Crippen LogP contribution in [0.15, 0.2) is 46.9 Å². The average molecular weight is 320 g/mol. The molecule has 0 aliphatic heterocycles. The van der Waals surface area contributed by atoms with Crippen LogP contribution in [0.25, 0.3) is 21.9 Å². The molecule has 0 unspecified atom stereocenters. The highest BCUT2D eigenvalue weighted by atomic mass is 35.5. The van der Waals surface area contributed by atoms with Gasteiger partial charge in [-0.15, -0.1) is 23.2 Å². The van der Waals surface area contributed by atoms with Gasteiger partial charge in [0, 0.05) is 16.5 Å². The van der Waals surface area contributed by atoms with Crippen molar-refractivity contribution in [1.82, 2.24) is 0 Å². The lowest BCUT2D eigenvalue weighted by molar-refractivity contribution is -0.117. The highest BCUT2D eigenvalue weighted by molar-refractivity contribution is 6.52. The van der Waals surface area contributed by atoms with Crippen molar-refractivity contribution >= 4 is 56.7 Å². The zero-order valence-electron chi connectivity index (χ0n) is 10.9. The molecule has 3 nitrogen and oxygen atoms in total. The molecular weight excluding hydrogens is 309 g/mol. The molecule has 0 saturated heterocycles. The molecule has 1 heterocycles. The summed E-state index contributed by atoms with van der Waals surface area (Å²) in [6.45, 7) is 0. The minimum atomic E-state index is -0.906. The molecule has 3 aromatic rings. The lowest BCUT2D eigenvalue weighted by atomic mass is 10.1. The Bertz CT molecular complexity index is 869. The monoisotopic (exact) mass is 319 g/mol. The summed E-state index contributed by atoms with van der Waals surface area (Å²) in [7, 11) is 0. The molecule has 1 N–H and O–H groups in total. The maximum atomic E-state index is 12.0. The number of alkyl halides is 2. The van der Waals surface area contributed by atoms with E-state index in [0.717, 1.165) is 27.6 Å². The molecular formula is C16H11Cl2NO2. The smallest absolute Gasteiger partial charge is 0.230 e. The second-order valence-corrected chi connectivity index (χ2v) is 6.86. The highest BCUT2D eigenvalue weighted by Crippen LogP contribution is 2.53. The van der Waals surface area contributed by atoms with Gasteiger partial charge < -0.3 is 9.73 Å². The maximum absolute atomic E-state index is 12.0. The van der Waals surface area contributed by atoms with Crippen molar-refractivity contribution in [3.63, 3.8) is 0 Å². The number of hydrogen-bond acceptors (Lipinski definition) is 2. The molecule has 106 valence electrons. The first-order chi connectivity index (χ1) is 10.0. The van der Waals surface area contributed by atoms with Gasteiger partial charge in [-0.2, -0.15) is 0 Å². The molecule has 1 saturated carbocycles. The van der Waals surface area contributed by atoms with E-state index in [1.165, 1.54) is 0 Å². The first kappa shape index (κ1) is 13.0. The summed E-state index contributed by atoms with van der Waals surface area (Å²) >= 11 is 11.8. The minimum Gasteiger partial charge on any atom is -0.456 e. The van der Waals surface area contributed by atoms with E-state index < -0.39 is 4.33 Å². The number of carbonyl (C=O) groups excluding carboxylic acids is 1. The molecule has 0 spiro atoms. The van der Waals surface area contributed by atoms with E-state index in [1.807, 2.05) is 42.5 Å². The molecule has 2 aromatic carbocycles. The Balaban J connectivity index is 1.70. The number of amides is 1. The van der Waals surface area contributed by atoms with Crippen LogP contribution in [0.1, 0.15) is 6.42 Å². The van der Waals surface area contributed by atoms with Crippen molar-refractivity contribution in [2.45, 2.75) is 10.8 Å². The third-order valence-electron chi connectivity index (χ3n) is 3.79. The predicted molar refractivity (Wildman–Crippen MR) is 84.9 cm³/mol. The number of furan rings is 1. The Morgan fingerprint density at radius 2 is 1.86 bits per heavy atom. The summed E-state index contributed by atoms with van der Waals surface area (Å²) < 4.78 is 4.84. The van der Waals surface area contributed by atoms with Gasteiger partial charge in [0.15, 0.2) is 0 Å². The van der Waals surface area contributed by atoms with Crippen LogP contribution < -0.4 is 5.32 Å². The first-order valence-corrected chi connectivity index (χ1v) is 7.40. The third kappa shape index (κ3) is 2.17. The summed E-state index contributed by atoms with van der Waals surface area (Å²) in [5, 5.41) is 4.86. The van der Waals surface area contributed by atoms with Crippen molar-refractivity contribution in [3.05, 3.63) is 42.5 Å². The number of anilines is 1. The number of rotatable bonds is 2. The van der Waals surface area contributed by atoms with Gasteiger partial charge in [-0.25, -0.2) is 0 Å². The van der Waals surface area contributed by atoms with Crippen LogP contribution in [0.4, 0.5) is 5.69 Å². The Morgan fingerprint density at radius 3 is 2.62 bits per heavy atom. The van der Waals surface area contributed by atoms with E-state index in [9.17, 15) is 4.79 Å². The third-order valence-corrected chi connectivity index (χ3v) is 4.62. The first-order valence-electron chi connectivity index (χ1n) is 6.64. The van der Waals surface area contributed by atoms with Crippen molar-refractivity contribution < 1.29 is 9.21 Å². The second-order valence-electron chi connectivity index (χ2n) is 5.32. The fourth-order valence-electron chi connectivity index (χ4n) is 2.53. The summed E-state index contributed by atoms with van der Waals surface area (Å²) in [5.74, 6) is -0.482. The zero-order valence-corrected chi connectivity index (χ0v) is 12.4. The summed E-state index contributed by atoms with van der Waals surface area (Å²) in [5.41, 5.74) is 2.35. The number of hydrogen-bond donors (Lipinski definition) is 1. The Kier molecular flexibility index (Phi) is 2.72. The van der Waals surface area contributed by atoms with Crippen LogP contribution in [0.3, 0.4) is 0 Å². The van der Waals surface area contributed by atoms with Gasteiger partial charge >= 0.3 is 0 Å². The number of fused-ring (bicyclic) bond motifs is 3. The molecule has 21 heavy (non-hydrogen) atoms. The lowest BCUT2D eigenvalue weighted by Gasteiger charge is -2.05. The summed E-state index contributed by atoms with van der Waals surface area (Å²) in [6, 6.07) is 13.4. The Morgan fingerprint density at radius 1 is 1.14 bits per heavy atom. The van der Waals surface area contributed by atoms with Crippen LogP contribution >= 0.6 is 23.2 Å². The summed E-state index contributed by atoms with van der Waals surface area (Å²) in [6.07, 6.45) is 0.499. The molecule has 1 atom stereocenters. The van der Waals surface area contributed by atoms with Crippen LogP contribution in [0, 0.1) is 5.92 Å². The molecule has 1 fully saturated rings. The molecule has 0 bridgehead atoms. The fraction of sp³-hybridized carbons (Fsp3) is 0.188. The van der Waals surface area contributed by atoms with E-state index >= 15 is 0 Å². The zero-order chi connectivity index (χ0) is 14.6. The van der Waals surface area contributed by atoms with Crippen LogP contribution in [-0.4, -0.2) is 10.2 Å². The van der Waals surface area contributed by atoms with Crippen LogP contribution in [-0.2, 0) is 4.79 Å². The predicted octanol–water partition coefficient (Wildman–Crippen LogP) is 4.72. The largest absolute Gasteiger partial charge is 0.456 e. The fourth-order valence-corrected chi connectivity index (χ4v) is 3.04. The normalized spacial score (nSPS) is 19.8. The van der Waals surface area contributed by atoms with E-state index in [0.29, 0.717) is 6.42 Å². The van der Waals surface area contributed by atoms with Gasteiger partial charge in [0.05, 0.1) is 5.92 Å². The van der Waals surface area contributed by atoms with Crippen LogP contribution in [0.2, 0.25) is 0 Å². The van der Waals surface area contributed by atoms with Gasteiger partial charge in [-0.3, -0.25) is 4.79 Å². The minimum absolute atomic E-state index is 0.146. The standard InChI is InChI=1S/C16H11Cl2NO2/c17-16(18)8-12(16)15(20)19-9-5-6-14-11(7-9)10-3-1-2-4-13(10)21-14/h1-7,12H,8H2,(H,19,20)/t12-/m1/s1. The van der Waals surface area contributed by atoms with Gasteiger partial charge in [0.25, 0.3) is 0 Å². The van der Waals surface area contributed by atoms with Crippen molar-refractivity contribution in [2.24, 2.45) is 5.92 Å². The Hall–Kier alpha value is -1.71. The number of halogens is 2. The van der Waals surface area contributed by atoms with E-state index in [2.05, 4.69) is 5.32 Å². The molecule has 0 radical (unpaired) electrons. The number of carbonyl (C=O) groups is 1. The molecule has 5 heteroatoms. The van der Waals surface area contributed by atoms with Crippen molar-refractivity contribution in [2.75, 3.05) is 5.32 Å². The van der Waals surface area contributed by atoms with Gasteiger partial charge in [-0.1, -0.05) is 18.2 Å². The average Bonchev–Trinajstić information content (AvgIpc) is 2.95.